The molecule has 0 spiro atoms. The molecule has 0 aliphatic carbocycles. The molecule has 0 bridgehead atoms. The maximum Gasteiger partial charge on any atom is 0.243 e. The van der Waals surface area contributed by atoms with E-state index in [1.165, 1.54) is 36.3 Å². The van der Waals surface area contributed by atoms with Crippen LogP contribution in [0.3, 0.4) is 0 Å². The quantitative estimate of drug-likeness (QED) is 0.238. The van der Waals surface area contributed by atoms with E-state index in [0.717, 1.165) is 0 Å². The number of imidazole rings is 1. The van der Waals surface area contributed by atoms with Crippen LogP contribution in [0.2, 0.25) is 0 Å². The Balaban J connectivity index is 1.54. The number of aliphatic hydroxyl groups excluding tert-OH is 2. The summed E-state index contributed by atoms with van der Waals surface area (Å²) in [6.07, 6.45) is -0.453. The Labute approximate surface area is 193 Å². The van der Waals surface area contributed by atoms with Crippen molar-refractivity contribution in [3.05, 3.63) is 42.5 Å². The molecular formula is C21H25N7O6. The Morgan fingerprint density at radius 1 is 1.24 bits per heavy atom. The zero-order chi connectivity index (χ0) is 24.4. The number of aliphatic hydroxyl groups is 2. The smallest absolute Gasteiger partial charge is 0.243 e. The fourth-order valence-electron chi connectivity index (χ4n) is 3.95. The van der Waals surface area contributed by atoms with Crippen LogP contribution in [0.15, 0.2) is 36.9 Å². The van der Waals surface area contributed by atoms with Crippen molar-refractivity contribution in [2.24, 2.45) is 0 Å². The molecule has 2 amide bonds. The number of carbonyl (C=O) groups excluding carboxylic acids is 2. The third kappa shape index (κ3) is 4.62. The van der Waals surface area contributed by atoms with Gasteiger partial charge in [-0.25, -0.2) is 15.0 Å². The average Bonchev–Trinajstić information content (AvgIpc) is 3.36. The molecule has 3 heterocycles. The van der Waals surface area contributed by atoms with Gasteiger partial charge in [0, 0.05) is 13.3 Å². The monoisotopic (exact) mass is 471 g/mol. The molecule has 5 atom stereocenters. The van der Waals surface area contributed by atoms with Gasteiger partial charge in [0.05, 0.1) is 19.0 Å². The maximum atomic E-state index is 13.1. The molecule has 1 aliphatic heterocycles. The number of hydrogen-bond acceptors (Lipinski definition) is 10. The van der Waals surface area contributed by atoms with Crippen LogP contribution in [0.5, 0.6) is 5.75 Å². The third-order valence-corrected chi connectivity index (χ3v) is 5.60. The number of phenolic OH excluding ortho intramolecular Hbond substituents is 1. The number of aromatic nitrogens is 4. The lowest BCUT2D eigenvalue weighted by atomic mass is 10.0. The average molecular weight is 471 g/mol. The first-order chi connectivity index (χ1) is 16.3. The fraction of sp³-hybridized carbons (Fsp3) is 0.381. The first-order valence-electron chi connectivity index (χ1n) is 10.5. The second-order valence-electron chi connectivity index (χ2n) is 7.98. The maximum absolute atomic E-state index is 13.1. The number of aromatic hydroxyl groups is 1. The first kappa shape index (κ1) is 23.4. The predicted octanol–water partition coefficient (Wildman–Crippen LogP) is -1.40. The van der Waals surface area contributed by atoms with Crippen LogP contribution >= 0.6 is 0 Å². The van der Waals surface area contributed by atoms with Crippen molar-refractivity contribution in [2.45, 2.75) is 43.9 Å². The highest BCUT2D eigenvalue weighted by molar-refractivity contribution is 5.87. The molecule has 4 rings (SSSR count). The number of phenols is 1. The number of amides is 2. The number of nitrogens with two attached hydrogens (primary N) is 1. The first-order valence-corrected chi connectivity index (χ1v) is 10.5. The van der Waals surface area contributed by atoms with Gasteiger partial charge in [-0.05, 0) is 17.7 Å². The van der Waals surface area contributed by atoms with Gasteiger partial charge in [-0.3, -0.25) is 14.2 Å². The van der Waals surface area contributed by atoms with Crippen LogP contribution in [0.25, 0.3) is 11.2 Å². The molecule has 2 aromatic heterocycles. The molecule has 1 fully saturated rings. The SMILES string of the molecule is CC(=O)N[C@@H](Cc1ccc(O)cc1)C(=O)N[C@H]1[C@@H](O)[C@H](n2cnc3c(N)ncnc32)O[C@@H]1CO. The second kappa shape index (κ2) is 9.59. The van der Waals surface area contributed by atoms with Crippen molar-refractivity contribution in [3.8, 4) is 5.75 Å². The largest absolute Gasteiger partial charge is 0.508 e. The van der Waals surface area contributed by atoms with Crippen LogP contribution in [-0.2, 0) is 20.7 Å². The van der Waals surface area contributed by atoms with Gasteiger partial charge in [-0.15, -0.1) is 0 Å². The van der Waals surface area contributed by atoms with E-state index in [9.17, 15) is 24.9 Å². The van der Waals surface area contributed by atoms with Crippen molar-refractivity contribution in [1.82, 2.24) is 30.2 Å². The molecule has 0 saturated carbocycles. The van der Waals surface area contributed by atoms with E-state index in [4.69, 9.17) is 10.5 Å². The van der Waals surface area contributed by atoms with E-state index in [2.05, 4.69) is 25.6 Å². The van der Waals surface area contributed by atoms with Crippen molar-refractivity contribution < 1.29 is 29.6 Å². The summed E-state index contributed by atoms with van der Waals surface area (Å²) in [5.41, 5.74) is 7.17. The summed E-state index contributed by atoms with van der Waals surface area (Å²) < 4.78 is 7.27. The number of anilines is 1. The molecule has 1 aliphatic rings. The molecule has 0 radical (unpaired) electrons. The Morgan fingerprint density at radius 2 is 1.97 bits per heavy atom. The number of carbonyl (C=O) groups is 2. The Kier molecular flexibility index (Phi) is 6.58. The van der Waals surface area contributed by atoms with Gasteiger partial charge < -0.3 is 36.4 Å². The van der Waals surface area contributed by atoms with Crippen LogP contribution in [0, 0.1) is 0 Å². The molecule has 13 nitrogen and oxygen atoms in total. The van der Waals surface area contributed by atoms with Gasteiger partial charge in [0.1, 0.15) is 35.8 Å². The van der Waals surface area contributed by atoms with E-state index < -0.39 is 48.9 Å². The molecule has 0 unspecified atom stereocenters. The zero-order valence-corrected chi connectivity index (χ0v) is 18.2. The Bertz CT molecular complexity index is 1180. The van der Waals surface area contributed by atoms with Crippen LogP contribution in [0.4, 0.5) is 5.82 Å². The molecule has 3 aromatic rings. The highest BCUT2D eigenvalue weighted by atomic mass is 16.5. The number of hydrogen-bond donors (Lipinski definition) is 6. The Hall–Kier alpha value is -3.81. The van der Waals surface area contributed by atoms with E-state index in [0.29, 0.717) is 16.7 Å². The molecule has 180 valence electrons. The number of fused-ring (bicyclic) bond motifs is 1. The summed E-state index contributed by atoms with van der Waals surface area (Å²) >= 11 is 0. The van der Waals surface area contributed by atoms with Crippen molar-refractivity contribution in [1.29, 1.82) is 0 Å². The minimum Gasteiger partial charge on any atom is -0.508 e. The number of rotatable bonds is 7. The van der Waals surface area contributed by atoms with Gasteiger partial charge in [0.25, 0.3) is 0 Å². The summed E-state index contributed by atoms with van der Waals surface area (Å²) in [6, 6.07) is 4.27. The van der Waals surface area contributed by atoms with E-state index in [-0.39, 0.29) is 18.0 Å². The highest BCUT2D eigenvalue weighted by Gasteiger charge is 2.46. The van der Waals surface area contributed by atoms with E-state index in [1.807, 2.05) is 0 Å². The van der Waals surface area contributed by atoms with Crippen LogP contribution in [-0.4, -0.2) is 77.6 Å². The molecule has 7 N–H and O–H groups in total. The van der Waals surface area contributed by atoms with Crippen LogP contribution in [0.1, 0.15) is 18.7 Å². The predicted molar refractivity (Wildman–Crippen MR) is 118 cm³/mol. The summed E-state index contributed by atoms with van der Waals surface area (Å²) in [4.78, 5) is 37.0. The van der Waals surface area contributed by atoms with Gasteiger partial charge in [0.2, 0.25) is 11.8 Å². The standard InChI is InChI=1S/C21H25N7O6/c1-10(30)26-13(6-11-2-4-12(31)5-3-11)20(33)27-15-14(7-29)34-21(17(15)32)28-9-25-16-18(22)23-8-24-19(16)28/h2-5,8-9,13-15,17,21,29,31-32H,6-7H2,1H3,(H,26,30)(H,27,33)(H2,22,23,24)/t13-,14+,15+,17+,21+/m0/s1. The van der Waals surface area contributed by atoms with E-state index >= 15 is 0 Å². The van der Waals surface area contributed by atoms with Crippen molar-refractivity contribution in [3.63, 3.8) is 0 Å². The highest BCUT2D eigenvalue weighted by Crippen LogP contribution is 2.32. The molecule has 34 heavy (non-hydrogen) atoms. The lowest BCUT2D eigenvalue weighted by Crippen LogP contribution is -2.55. The normalized spacial score (nSPS) is 23.0. The molecule has 13 heteroatoms. The molecule has 1 saturated heterocycles. The topological polar surface area (TPSA) is 198 Å². The number of nitrogen functional groups attached to an aromatic ring is 1. The Morgan fingerprint density at radius 3 is 2.65 bits per heavy atom. The summed E-state index contributed by atoms with van der Waals surface area (Å²) in [6.45, 7) is 0.805. The summed E-state index contributed by atoms with van der Waals surface area (Å²) in [5, 5.41) is 35.6. The van der Waals surface area contributed by atoms with Crippen LogP contribution < -0.4 is 16.4 Å². The number of nitrogens with zero attached hydrogens (tertiary/aromatic N) is 4. The number of benzene rings is 1. The number of nitrogens with one attached hydrogen (secondary N) is 2. The lowest BCUT2D eigenvalue weighted by molar-refractivity contribution is -0.129. The lowest BCUT2D eigenvalue weighted by Gasteiger charge is -2.24. The molecule has 1 aromatic carbocycles. The fourth-order valence-corrected chi connectivity index (χ4v) is 3.95. The van der Waals surface area contributed by atoms with Gasteiger partial charge in [-0.2, -0.15) is 0 Å². The van der Waals surface area contributed by atoms with Gasteiger partial charge in [0.15, 0.2) is 17.7 Å². The minimum atomic E-state index is -1.28. The van der Waals surface area contributed by atoms with Crippen molar-refractivity contribution in [2.75, 3.05) is 12.3 Å². The second-order valence-corrected chi connectivity index (χ2v) is 7.98. The summed E-state index contributed by atoms with van der Waals surface area (Å²) in [5.74, 6) is -0.753. The summed E-state index contributed by atoms with van der Waals surface area (Å²) in [7, 11) is 0. The van der Waals surface area contributed by atoms with Gasteiger partial charge >= 0.3 is 0 Å². The van der Waals surface area contributed by atoms with Crippen molar-refractivity contribution >= 4 is 28.8 Å². The van der Waals surface area contributed by atoms with E-state index in [1.54, 1.807) is 12.1 Å². The third-order valence-electron chi connectivity index (χ3n) is 5.60. The number of ether oxygens (including phenoxy) is 1. The van der Waals surface area contributed by atoms with Gasteiger partial charge in [-0.1, -0.05) is 12.1 Å². The molecular weight excluding hydrogens is 446 g/mol. The zero-order valence-electron chi connectivity index (χ0n) is 18.2. The minimum absolute atomic E-state index is 0.0754.